The fraction of sp³-hybridized carbons (Fsp3) is 0.647. The van der Waals surface area contributed by atoms with Crippen molar-refractivity contribution in [1.29, 1.82) is 0 Å². The monoisotopic (exact) mass is 260 g/mol. The molecule has 0 saturated carbocycles. The molecule has 1 fully saturated rings. The molecule has 0 bridgehead atoms. The van der Waals surface area contributed by atoms with Crippen LogP contribution in [-0.4, -0.2) is 30.6 Å². The zero-order valence-electron chi connectivity index (χ0n) is 12.4. The Morgan fingerprint density at radius 1 is 1.26 bits per heavy atom. The van der Waals surface area contributed by atoms with Gasteiger partial charge in [-0.1, -0.05) is 44.2 Å². The van der Waals surface area contributed by atoms with Gasteiger partial charge in [-0.2, -0.15) is 0 Å². The first-order chi connectivity index (χ1) is 9.35. The lowest BCUT2D eigenvalue weighted by atomic mass is 9.97. The van der Waals surface area contributed by atoms with E-state index in [0.717, 1.165) is 6.54 Å². The zero-order chi connectivity index (χ0) is 13.5. The van der Waals surface area contributed by atoms with Crippen LogP contribution in [0.1, 0.15) is 51.1 Å². The topological polar surface area (TPSA) is 15.3 Å². The van der Waals surface area contributed by atoms with Gasteiger partial charge in [-0.15, -0.1) is 0 Å². The molecule has 1 N–H and O–H groups in total. The highest BCUT2D eigenvalue weighted by Gasteiger charge is 2.25. The van der Waals surface area contributed by atoms with E-state index < -0.39 is 0 Å². The van der Waals surface area contributed by atoms with Crippen molar-refractivity contribution in [2.45, 2.75) is 51.6 Å². The third-order valence-electron chi connectivity index (χ3n) is 4.15. The number of rotatable bonds is 6. The molecule has 106 valence electrons. The van der Waals surface area contributed by atoms with E-state index >= 15 is 0 Å². The minimum atomic E-state index is 0.590. The van der Waals surface area contributed by atoms with Crippen LogP contribution in [0.25, 0.3) is 0 Å². The van der Waals surface area contributed by atoms with Crippen molar-refractivity contribution in [2.75, 3.05) is 19.6 Å². The quantitative estimate of drug-likeness (QED) is 0.840. The Kier molecular flexibility index (Phi) is 5.87. The van der Waals surface area contributed by atoms with Gasteiger partial charge in [-0.05, 0) is 44.3 Å². The highest BCUT2D eigenvalue weighted by Crippen LogP contribution is 2.27. The first kappa shape index (κ1) is 14.5. The fourth-order valence-electron chi connectivity index (χ4n) is 3.18. The molecule has 1 saturated heterocycles. The first-order valence-electron chi connectivity index (χ1n) is 7.87. The molecule has 0 radical (unpaired) electrons. The van der Waals surface area contributed by atoms with E-state index in [1.165, 1.54) is 44.3 Å². The number of piperidine rings is 1. The Labute approximate surface area is 118 Å². The van der Waals surface area contributed by atoms with Crippen molar-refractivity contribution in [3.63, 3.8) is 0 Å². The minimum Gasteiger partial charge on any atom is -0.313 e. The van der Waals surface area contributed by atoms with E-state index in [1.54, 1.807) is 0 Å². The highest BCUT2D eigenvalue weighted by molar-refractivity contribution is 5.19. The lowest BCUT2D eigenvalue weighted by Crippen LogP contribution is -2.47. The van der Waals surface area contributed by atoms with Crippen molar-refractivity contribution in [1.82, 2.24) is 10.2 Å². The summed E-state index contributed by atoms with van der Waals surface area (Å²) in [4.78, 5) is 2.67. The Hall–Kier alpha value is -0.860. The average Bonchev–Trinajstić information content (AvgIpc) is 2.47. The van der Waals surface area contributed by atoms with Gasteiger partial charge in [0.1, 0.15) is 0 Å². The number of nitrogens with one attached hydrogen (secondary N) is 1. The van der Waals surface area contributed by atoms with Crippen molar-refractivity contribution in [3.05, 3.63) is 35.9 Å². The summed E-state index contributed by atoms with van der Waals surface area (Å²) in [6.07, 6.45) is 5.09. The molecule has 0 amide bonds. The second kappa shape index (κ2) is 7.66. The lowest BCUT2D eigenvalue weighted by molar-refractivity contribution is 0.133. The summed E-state index contributed by atoms with van der Waals surface area (Å²) in [6, 6.07) is 12.3. The Morgan fingerprint density at radius 2 is 2.05 bits per heavy atom. The SMILES string of the molecule is CCCNC1CCCN(C(CC)c2ccccc2)C1. The van der Waals surface area contributed by atoms with E-state index in [4.69, 9.17) is 0 Å². The molecule has 1 aliphatic rings. The van der Waals surface area contributed by atoms with E-state index in [0.29, 0.717) is 12.1 Å². The molecule has 2 atom stereocenters. The summed E-state index contributed by atoms with van der Waals surface area (Å²) >= 11 is 0. The van der Waals surface area contributed by atoms with Gasteiger partial charge in [0.15, 0.2) is 0 Å². The molecule has 1 aromatic rings. The summed E-state index contributed by atoms with van der Waals surface area (Å²) in [6.45, 7) is 8.15. The zero-order valence-corrected chi connectivity index (χ0v) is 12.4. The third kappa shape index (κ3) is 4.05. The van der Waals surface area contributed by atoms with Gasteiger partial charge in [0, 0.05) is 18.6 Å². The van der Waals surface area contributed by atoms with E-state index in [-0.39, 0.29) is 0 Å². The predicted octanol–water partition coefficient (Wildman–Crippen LogP) is 3.60. The molecule has 1 aromatic carbocycles. The molecule has 19 heavy (non-hydrogen) atoms. The number of hydrogen-bond donors (Lipinski definition) is 1. The van der Waals surface area contributed by atoms with Gasteiger partial charge in [0.05, 0.1) is 0 Å². The van der Waals surface area contributed by atoms with Crippen LogP contribution in [0.2, 0.25) is 0 Å². The van der Waals surface area contributed by atoms with Crippen LogP contribution in [0.5, 0.6) is 0 Å². The van der Waals surface area contributed by atoms with Crippen LogP contribution in [0.4, 0.5) is 0 Å². The average molecular weight is 260 g/mol. The van der Waals surface area contributed by atoms with Crippen LogP contribution >= 0.6 is 0 Å². The number of hydrogen-bond acceptors (Lipinski definition) is 2. The fourth-order valence-corrected chi connectivity index (χ4v) is 3.18. The molecule has 1 heterocycles. The Balaban J connectivity index is 1.98. The van der Waals surface area contributed by atoms with Gasteiger partial charge in [0.2, 0.25) is 0 Å². The number of likely N-dealkylation sites (tertiary alicyclic amines) is 1. The summed E-state index contributed by atoms with van der Waals surface area (Å²) in [5.74, 6) is 0. The molecule has 0 spiro atoms. The van der Waals surface area contributed by atoms with Gasteiger partial charge in [-0.25, -0.2) is 0 Å². The van der Waals surface area contributed by atoms with E-state index in [9.17, 15) is 0 Å². The largest absolute Gasteiger partial charge is 0.313 e. The van der Waals surface area contributed by atoms with Crippen LogP contribution in [0.3, 0.4) is 0 Å². The van der Waals surface area contributed by atoms with Crippen molar-refractivity contribution in [3.8, 4) is 0 Å². The second-order valence-electron chi connectivity index (χ2n) is 5.62. The molecule has 1 aliphatic heterocycles. The minimum absolute atomic E-state index is 0.590. The third-order valence-corrected chi connectivity index (χ3v) is 4.15. The maximum absolute atomic E-state index is 3.69. The molecule has 2 rings (SSSR count). The van der Waals surface area contributed by atoms with Crippen LogP contribution in [-0.2, 0) is 0 Å². The highest BCUT2D eigenvalue weighted by atomic mass is 15.2. The van der Waals surface area contributed by atoms with Gasteiger partial charge in [0.25, 0.3) is 0 Å². The second-order valence-corrected chi connectivity index (χ2v) is 5.62. The van der Waals surface area contributed by atoms with Gasteiger partial charge in [-0.3, -0.25) is 4.90 Å². The predicted molar refractivity (Wildman–Crippen MR) is 82.4 cm³/mol. The molecular formula is C17H28N2. The standard InChI is InChI=1S/C17H28N2/c1-3-12-18-16-11-8-13-19(14-16)17(4-2)15-9-6-5-7-10-15/h5-7,9-10,16-18H,3-4,8,11-14H2,1-2H3. The molecule has 2 nitrogen and oxygen atoms in total. The Morgan fingerprint density at radius 3 is 2.74 bits per heavy atom. The van der Waals surface area contributed by atoms with Gasteiger partial charge >= 0.3 is 0 Å². The molecular weight excluding hydrogens is 232 g/mol. The number of benzene rings is 1. The first-order valence-corrected chi connectivity index (χ1v) is 7.87. The maximum atomic E-state index is 3.69. The normalized spacial score (nSPS) is 22.3. The van der Waals surface area contributed by atoms with Crippen molar-refractivity contribution in [2.24, 2.45) is 0 Å². The smallest absolute Gasteiger partial charge is 0.0346 e. The van der Waals surface area contributed by atoms with E-state index in [2.05, 4.69) is 54.4 Å². The summed E-state index contributed by atoms with van der Waals surface area (Å²) in [5.41, 5.74) is 1.47. The molecule has 2 heteroatoms. The van der Waals surface area contributed by atoms with E-state index in [1.807, 2.05) is 0 Å². The summed E-state index contributed by atoms with van der Waals surface area (Å²) < 4.78 is 0. The van der Waals surface area contributed by atoms with Crippen molar-refractivity contribution < 1.29 is 0 Å². The lowest BCUT2D eigenvalue weighted by Gasteiger charge is -2.38. The van der Waals surface area contributed by atoms with Crippen LogP contribution in [0.15, 0.2) is 30.3 Å². The molecule has 2 unspecified atom stereocenters. The van der Waals surface area contributed by atoms with Crippen LogP contribution in [0, 0.1) is 0 Å². The van der Waals surface area contributed by atoms with Crippen LogP contribution < -0.4 is 5.32 Å². The van der Waals surface area contributed by atoms with Gasteiger partial charge < -0.3 is 5.32 Å². The molecule has 0 aliphatic carbocycles. The van der Waals surface area contributed by atoms with Crippen molar-refractivity contribution >= 4 is 0 Å². The summed E-state index contributed by atoms with van der Waals surface area (Å²) in [5, 5.41) is 3.69. The number of nitrogens with zero attached hydrogens (tertiary/aromatic N) is 1. The Bertz CT molecular complexity index is 350. The maximum Gasteiger partial charge on any atom is 0.0346 e. The summed E-state index contributed by atoms with van der Waals surface area (Å²) in [7, 11) is 0. The molecule has 0 aromatic heterocycles.